The predicted molar refractivity (Wildman–Crippen MR) is 156 cm³/mol. The molecule has 6 rings (SSSR count). The van der Waals surface area contributed by atoms with E-state index in [-0.39, 0.29) is 61.8 Å². The van der Waals surface area contributed by atoms with Gasteiger partial charge in [0.1, 0.15) is 0 Å². The normalized spacial score (nSPS) is 15.8. The summed E-state index contributed by atoms with van der Waals surface area (Å²) in [4.78, 5) is 0. The first kappa shape index (κ1) is 33.3. The fourth-order valence-electron chi connectivity index (χ4n) is 5.99. The smallest absolute Gasteiger partial charge is 1.00 e. The molecule has 39 heavy (non-hydrogen) atoms. The van der Waals surface area contributed by atoms with Crippen molar-refractivity contribution in [2.24, 2.45) is 0 Å². The van der Waals surface area contributed by atoms with Crippen molar-refractivity contribution in [1.82, 2.24) is 0 Å². The van der Waals surface area contributed by atoms with E-state index in [4.69, 9.17) is 0 Å². The topological polar surface area (TPSA) is 0 Å². The Morgan fingerprint density at radius 2 is 0.897 bits per heavy atom. The Hall–Kier alpha value is -1.92. The van der Waals surface area contributed by atoms with Gasteiger partial charge in [0.15, 0.2) is 0 Å². The van der Waals surface area contributed by atoms with E-state index < -0.39 is 0 Å². The van der Waals surface area contributed by atoms with Crippen molar-refractivity contribution in [3.05, 3.63) is 142 Å². The number of fused-ring (bicyclic) bond motifs is 2. The van der Waals surface area contributed by atoms with Crippen LogP contribution in [0, 0.1) is 0 Å². The van der Waals surface area contributed by atoms with Crippen LogP contribution in [0.4, 0.5) is 0 Å². The fourth-order valence-corrected chi connectivity index (χ4v) is 5.99. The van der Waals surface area contributed by atoms with E-state index in [9.17, 15) is 0 Å². The summed E-state index contributed by atoms with van der Waals surface area (Å²) in [5.41, 5.74) is 12.1. The van der Waals surface area contributed by atoms with Gasteiger partial charge in [-0.15, -0.1) is 11.1 Å². The Morgan fingerprint density at radius 3 is 1.21 bits per heavy atom. The molecule has 0 heterocycles. The molecule has 200 valence electrons. The van der Waals surface area contributed by atoms with Gasteiger partial charge < -0.3 is 24.8 Å². The predicted octanol–water partition coefficient (Wildman–Crippen LogP) is 3.43. The zero-order chi connectivity index (χ0) is 25.2. The molecule has 2 unspecified atom stereocenters. The summed E-state index contributed by atoms with van der Waals surface area (Å²) < 4.78 is 0. The molecule has 2 aliphatic carbocycles. The van der Waals surface area contributed by atoms with Crippen LogP contribution in [0.25, 0.3) is 12.2 Å². The monoisotopic (exact) mass is 630 g/mol. The largest absolute Gasteiger partial charge is 4.00 e. The molecule has 0 saturated heterocycles. The summed E-state index contributed by atoms with van der Waals surface area (Å²) in [6, 6.07) is 35.1. The molecule has 0 aliphatic heterocycles. The van der Waals surface area contributed by atoms with E-state index in [2.05, 4.69) is 137 Å². The molecule has 4 aromatic carbocycles. The molecule has 0 saturated carbocycles. The number of rotatable bonds is 6. The second-order valence-electron chi connectivity index (χ2n) is 10.8. The van der Waals surface area contributed by atoms with Gasteiger partial charge in [-0.3, -0.25) is 0 Å². The molecular weight excluding hydrogens is 595 g/mol. The molecule has 0 radical (unpaired) electrons. The Kier molecular flexibility index (Phi) is 12.1. The van der Waals surface area contributed by atoms with Crippen LogP contribution in [0.15, 0.2) is 108 Å². The third kappa shape index (κ3) is 6.54. The first-order chi connectivity index (χ1) is 17.5. The molecule has 0 N–H and O–H groups in total. The van der Waals surface area contributed by atoms with Crippen LogP contribution in [0.3, 0.4) is 0 Å². The molecule has 0 amide bonds. The maximum absolute atomic E-state index is 2.39. The van der Waals surface area contributed by atoms with Crippen molar-refractivity contribution in [2.75, 3.05) is 0 Å². The molecule has 2 aliphatic rings. The maximum atomic E-state index is 2.39. The summed E-state index contributed by atoms with van der Waals surface area (Å²) >= 11 is 0. The SMILES string of the molecule is CCC(C)(C1=Cc2ccccc2C1)[c-]1cccc1.CCC(C)(C1=Cc2ccccc2C1)[c-]1cccc1.[Cl-].[Cl-].[Zr+4]. The number of allylic oxidation sites excluding steroid dienone is 2. The fraction of sp³-hybridized carbons (Fsp3) is 0.278. The van der Waals surface area contributed by atoms with E-state index in [0.717, 1.165) is 25.7 Å². The summed E-state index contributed by atoms with van der Waals surface area (Å²) in [6.07, 6.45) is 9.29. The van der Waals surface area contributed by atoms with Gasteiger partial charge in [-0.25, -0.2) is 24.3 Å². The number of hydrogen-bond donors (Lipinski definition) is 0. The van der Waals surface area contributed by atoms with Crippen LogP contribution < -0.4 is 24.8 Å². The summed E-state index contributed by atoms with van der Waals surface area (Å²) in [6.45, 7) is 9.33. The third-order valence-corrected chi connectivity index (χ3v) is 8.96. The first-order valence-electron chi connectivity index (χ1n) is 13.5. The average Bonchev–Trinajstić information content (AvgIpc) is 3.73. The minimum absolute atomic E-state index is 0. The Morgan fingerprint density at radius 1 is 0.564 bits per heavy atom. The van der Waals surface area contributed by atoms with Crippen LogP contribution in [0.2, 0.25) is 0 Å². The molecule has 0 spiro atoms. The molecule has 2 atom stereocenters. The van der Waals surface area contributed by atoms with Crippen molar-refractivity contribution >= 4 is 12.2 Å². The molecule has 0 fully saturated rings. The van der Waals surface area contributed by atoms with Gasteiger partial charge in [-0.2, -0.15) is 24.3 Å². The van der Waals surface area contributed by atoms with Crippen molar-refractivity contribution in [2.45, 2.75) is 64.2 Å². The van der Waals surface area contributed by atoms with Gasteiger partial charge in [0.2, 0.25) is 0 Å². The van der Waals surface area contributed by atoms with Crippen molar-refractivity contribution in [3.8, 4) is 0 Å². The van der Waals surface area contributed by atoms with Crippen LogP contribution in [0.5, 0.6) is 0 Å². The summed E-state index contributed by atoms with van der Waals surface area (Å²) in [5, 5.41) is 0. The molecular formula is C36H38Cl2Zr. The summed E-state index contributed by atoms with van der Waals surface area (Å²) in [5.74, 6) is 0. The van der Waals surface area contributed by atoms with Crippen LogP contribution in [-0.4, -0.2) is 0 Å². The minimum Gasteiger partial charge on any atom is -1.00 e. The number of benzene rings is 2. The van der Waals surface area contributed by atoms with Crippen LogP contribution in [-0.2, 0) is 49.9 Å². The van der Waals surface area contributed by atoms with Gasteiger partial charge >= 0.3 is 26.2 Å². The van der Waals surface area contributed by atoms with Gasteiger partial charge in [0.25, 0.3) is 0 Å². The molecule has 0 nitrogen and oxygen atoms in total. The van der Waals surface area contributed by atoms with E-state index in [0.29, 0.717) is 0 Å². The van der Waals surface area contributed by atoms with Crippen LogP contribution >= 0.6 is 0 Å². The van der Waals surface area contributed by atoms with Crippen LogP contribution in [0.1, 0.15) is 73.9 Å². The van der Waals surface area contributed by atoms with Gasteiger partial charge in [0.05, 0.1) is 0 Å². The minimum atomic E-state index is 0. The van der Waals surface area contributed by atoms with Gasteiger partial charge in [-0.1, -0.05) is 112 Å². The maximum Gasteiger partial charge on any atom is 4.00 e. The summed E-state index contributed by atoms with van der Waals surface area (Å²) in [7, 11) is 0. The van der Waals surface area contributed by atoms with Crippen molar-refractivity contribution < 1.29 is 51.0 Å². The number of hydrogen-bond acceptors (Lipinski definition) is 0. The Balaban J connectivity index is 0.000000254. The van der Waals surface area contributed by atoms with E-state index in [1.165, 1.54) is 33.4 Å². The van der Waals surface area contributed by atoms with Gasteiger partial charge in [0, 0.05) is 0 Å². The second kappa shape index (κ2) is 14.1. The Labute approximate surface area is 267 Å². The number of halogens is 2. The zero-order valence-corrected chi connectivity index (χ0v) is 27.4. The molecule has 0 bridgehead atoms. The molecule has 4 aromatic rings. The van der Waals surface area contributed by atoms with Crippen molar-refractivity contribution in [1.29, 1.82) is 0 Å². The first-order valence-corrected chi connectivity index (χ1v) is 13.5. The average molecular weight is 633 g/mol. The van der Waals surface area contributed by atoms with E-state index in [1.807, 2.05) is 0 Å². The Bertz CT molecular complexity index is 1270. The standard InChI is InChI=1S/2C18H19.2ClH.Zr/c2*1-3-18(2,16-10-6-7-11-16)17-12-14-8-4-5-9-15(14)13-17;;;/h2*4-12H,3,13H2,1-2H3;2*1H;/q2*-1;;;+4/p-2. The van der Waals surface area contributed by atoms with E-state index in [1.54, 1.807) is 11.1 Å². The molecule has 3 heteroatoms. The quantitative estimate of drug-likeness (QED) is 0.286. The third-order valence-electron chi connectivity index (χ3n) is 8.96. The van der Waals surface area contributed by atoms with Gasteiger partial charge in [-0.05, 0) is 45.9 Å². The van der Waals surface area contributed by atoms with Crippen molar-refractivity contribution in [3.63, 3.8) is 0 Å². The molecule has 0 aromatic heterocycles. The zero-order valence-electron chi connectivity index (χ0n) is 23.5. The second-order valence-corrected chi connectivity index (χ2v) is 10.8. The van der Waals surface area contributed by atoms with E-state index >= 15 is 0 Å².